The molecule has 0 bridgehead atoms. The van der Waals surface area contributed by atoms with E-state index in [2.05, 4.69) is 31.3 Å². The number of ether oxygens (including phenoxy) is 2. The average Bonchev–Trinajstić information content (AvgIpc) is 3.17. The minimum Gasteiger partial charge on any atom is -0.394 e. The first-order valence-electron chi connectivity index (χ1n) is 22.2. The largest absolute Gasteiger partial charge is 0.394 e. The quantitative estimate of drug-likeness (QED) is 0.0250. The molecular formula is C44H83NO9. The maximum atomic E-state index is 13.0. The molecule has 10 heteroatoms. The Hall–Kier alpha value is -1.37. The first-order valence-corrected chi connectivity index (χ1v) is 22.2. The predicted octanol–water partition coefficient (Wildman–Crippen LogP) is 7.69. The average molecular weight is 770 g/mol. The van der Waals surface area contributed by atoms with E-state index in [1.807, 2.05) is 6.08 Å². The van der Waals surface area contributed by atoms with Crippen LogP contribution in [-0.2, 0) is 14.3 Å². The lowest BCUT2D eigenvalue weighted by molar-refractivity contribution is -0.302. The monoisotopic (exact) mass is 770 g/mol. The number of rotatable bonds is 36. The minimum absolute atomic E-state index is 0.308. The minimum atomic E-state index is -1.61. The van der Waals surface area contributed by atoms with Crippen LogP contribution >= 0.6 is 0 Å². The van der Waals surface area contributed by atoms with Crippen molar-refractivity contribution in [3.63, 3.8) is 0 Å². The van der Waals surface area contributed by atoms with Crippen molar-refractivity contribution in [2.75, 3.05) is 13.2 Å². The van der Waals surface area contributed by atoms with Crippen LogP contribution in [0.2, 0.25) is 0 Å². The molecule has 0 aromatic heterocycles. The van der Waals surface area contributed by atoms with E-state index in [9.17, 15) is 35.4 Å². The van der Waals surface area contributed by atoms with Gasteiger partial charge < -0.3 is 45.4 Å². The van der Waals surface area contributed by atoms with E-state index in [0.717, 1.165) is 44.9 Å². The van der Waals surface area contributed by atoms with Crippen LogP contribution in [0.25, 0.3) is 0 Å². The summed E-state index contributed by atoms with van der Waals surface area (Å²) < 4.78 is 11.1. The maximum absolute atomic E-state index is 13.0. The summed E-state index contributed by atoms with van der Waals surface area (Å²) in [5.74, 6) is -0.625. The molecule has 1 fully saturated rings. The van der Waals surface area contributed by atoms with Gasteiger partial charge in [-0.25, -0.2) is 0 Å². The molecule has 1 aliphatic heterocycles. The van der Waals surface area contributed by atoms with Crippen molar-refractivity contribution in [3.05, 3.63) is 24.3 Å². The lowest BCUT2D eigenvalue weighted by Gasteiger charge is -2.40. The molecule has 0 saturated carbocycles. The highest BCUT2D eigenvalue weighted by atomic mass is 16.7. The topological polar surface area (TPSA) is 169 Å². The predicted molar refractivity (Wildman–Crippen MR) is 218 cm³/mol. The summed E-state index contributed by atoms with van der Waals surface area (Å²) in [4.78, 5) is 13.0. The third-order valence-corrected chi connectivity index (χ3v) is 10.6. The second kappa shape index (κ2) is 34.8. The van der Waals surface area contributed by atoms with Gasteiger partial charge in [0.05, 0.1) is 25.4 Å². The number of aliphatic hydroxyl groups excluding tert-OH is 6. The van der Waals surface area contributed by atoms with Crippen LogP contribution < -0.4 is 5.32 Å². The Morgan fingerprint density at radius 1 is 0.630 bits per heavy atom. The summed E-state index contributed by atoms with van der Waals surface area (Å²) in [6.45, 7) is 3.58. The molecule has 1 saturated heterocycles. The van der Waals surface area contributed by atoms with Gasteiger partial charge >= 0.3 is 0 Å². The lowest BCUT2D eigenvalue weighted by Crippen LogP contribution is -2.60. The summed E-state index contributed by atoms with van der Waals surface area (Å²) >= 11 is 0. The molecule has 10 nitrogen and oxygen atoms in total. The Morgan fingerprint density at radius 2 is 1.09 bits per heavy atom. The molecular weight excluding hydrogens is 686 g/mol. The smallest absolute Gasteiger partial charge is 0.249 e. The molecule has 1 aliphatic rings. The van der Waals surface area contributed by atoms with E-state index in [0.29, 0.717) is 12.8 Å². The number of hydrogen-bond acceptors (Lipinski definition) is 9. The fourth-order valence-electron chi connectivity index (χ4n) is 6.93. The lowest BCUT2D eigenvalue weighted by atomic mass is 9.99. The Labute approximate surface area is 329 Å². The summed E-state index contributed by atoms with van der Waals surface area (Å²) in [6, 6.07) is -0.987. The van der Waals surface area contributed by atoms with Gasteiger partial charge in [-0.1, -0.05) is 173 Å². The van der Waals surface area contributed by atoms with Gasteiger partial charge in [-0.2, -0.15) is 0 Å². The third-order valence-electron chi connectivity index (χ3n) is 10.6. The van der Waals surface area contributed by atoms with Gasteiger partial charge in [0.15, 0.2) is 6.29 Å². The van der Waals surface area contributed by atoms with Crippen molar-refractivity contribution in [1.29, 1.82) is 0 Å². The van der Waals surface area contributed by atoms with Gasteiger partial charge in [0, 0.05) is 0 Å². The molecule has 1 rings (SSSR count). The molecule has 0 aliphatic carbocycles. The number of carbonyl (C=O) groups excluding carboxylic acids is 1. The van der Waals surface area contributed by atoms with E-state index >= 15 is 0 Å². The van der Waals surface area contributed by atoms with E-state index in [4.69, 9.17) is 9.47 Å². The molecule has 0 spiro atoms. The molecule has 0 aromatic rings. The summed E-state index contributed by atoms with van der Waals surface area (Å²) in [7, 11) is 0. The van der Waals surface area contributed by atoms with Gasteiger partial charge in [-0.3, -0.25) is 4.79 Å². The number of aliphatic hydroxyl groups is 6. The van der Waals surface area contributed by atoms with Crippen molar-refractivity contribution in [3.8, 4) is 0 Å². The van der Waals surface area contributed by atoms with Gasteiger partial charge in [-0.15, -0.1) is 0 Å². The second-order valence-corrected chi connectivity index (χ2v) is 15.6. The summed E-state index contributed by atoms with van der Waals surface area (Å²) in [6.07, 6.45) is 29.8. The van der Waals surface area contributed by atoms with Crippen LogP contribution in [0.3, 0.4) is 0 Å². The fraction of sp³-hybridized carbons (Fsp3) is 0.886. The van der Waals surface area contributed by atoms with Crippen LogP contribution in [0.4, 0.5) is 0 Å². The standard InChI is InChI=1S/C44H83NO9/c1-3-5-7-9-11-13-15-17-18-19-20-21-23-24-26-28-30-32-37(47)36(35-53-44-42(51)41(50)40(49)39(34-46)54-44)45-43(52)38(48)33-31-29-27-25-22-16-14-12-10-8-6-4-2/h21,23,30,32,36-42,44,46-51H,3-20,22,24-29,31,33-35H2,1-2H3,(H,45,52)/b23-21-,32-30+/t36-,37+,38+,39+,40+,41-,42+,44+/m0/s1. The van der Waals surface area contributed by atoms with E-state index in [-0.39, 0.29) is 6.61 Å². The second-order valence-electron chi connectivity index (χ2n) is 15.6. The Kier molecular flexibility index (Phi) is 32.7. The Balaban J connectivity index is 2.47. The number of allylic oxidation sites excluding steroid dienone is 3. The van der Waals surface area contributed by atoms with Gasteiger partial charge in [0.2, 0.25) is 5.91 Å². The van der Waals surface area contributed by atoms with Crippen molar-refractivity contribution < 1.29 is 44.9 Å². The highest BCUT2D eigenvalue weighted by Gasteiger charge is 2.44. The van der Waals surface area contributed by atoms with E-state index < -0.39 is 61.5 Å². The number of amides is 1. The molecule has 0 unspecified atom stereocenters. The molecule has 1 amide bonds. The molecule has 0 aromatic carbocycles. The zero-order valence-electron chi connectivity index (χ0n) is 34.3. The Bertz CT molecular complexity index is 916. The highest BCUT2D eigenvalue weighted by molar-refractivity contribution is 5.80. The van der Waals surface area contributed by atoms with Crippen LogP contribution in [0.15, 0.2) is 24.3 Å². The SMILES string of the molecule is CCCCCCCCCCCC/C=C\CCC/C=C/[C@@H](O)[C@H](CO[C@@H]1O[C@H](CO)[C@@H](O)[C@H](O)[C@H]1O)NC(=O)[C@H](O)CCCCCCCCCCCCCC. The van der Waals surface area contributed by atoms with Crippen molar-refractivity contribution in [2.24, 2.45) is 0 Å². The van der Waals surface area contributed by atoms with Crippen LogP contribution in [0.5, 0.6) is 0 Å². The summed E-state index contributed by atoms with van der Waals surface area (Å²) in [5.41, 5.74) is 0. The molecule has 0 radical (unpaired) electrons. The Morgan fingerprint density at radius 3 is 1.61 bits per heavy atom. The maximum Gasteiger partial charge on any atom is 0.249 e. The van der Waals surface area contributed by atoms with Crippen molar-refractivity contribution >= 4 is 5.91 Å². The normalized spacial score (nSPS) is 22.3. The molecule has 8 atom stereocenters. The molecule has 54 heavy (non-hydrogen) atoms. The number of nitrogens with one attached hydrogen (secondary N) is 1. The van der Waals surface area contributed by atoms with Crippen molar-refractivity contribution in [1.82, 2.24) is 5.32 Å². The van der Waals surface area contributed by atoms with Gasteiger partial charge in [0.1, 0.15) is 30.5 Å². The number of carbonyl (C=O) groups is 1. The molecule has 7 N–H and O–H groups in total. The molecule has 1 heterocycles. The first kappa shape index (κ1) is 50.6. The highest BCUT2D eigenvalue weighted by Crippen LogP contribution is 2.22. The number of unbranched alkanes of at least 4 members (excludes halogenated alkanes) is 23. The van der Waals surface area contributed by atoms with Gasteiger partial charge in [0.25, 0.3) is 0 Å². The zero-order valence-corrected chi connectivity index (χ0v) is 34.3. The summed E-state index contributed by atoms with van der Waals surface area (Å²) in [5, 5.41) is 64.5. The van der Waals surface area contributed by atoms with E-state index in [1.54, 1.807) is 6.08 Å². The fourth-order valence-corrected chi connectivity index (χ4v) is 6.93. The third kappa shape index (κ3) is 25.0. The molecule has 318 valence electrons. The van der Waals surface area contributed by atoms with E-state index in [1.165, 1.54) is 116 Å². The van der Waals surface area contributed by atoms with Crippen LogP contribution in [-0.4, -0.2) is 98.7 Å². The van der Waals surface area contributed by atoms with Crippen LogP contribution in [0, 0.1) is 0 Å². The van der Waals surface area contributed by atoms with Crippen LogP contribution in [0.1, 0.15) is 187 Å². The first-order chi connectivity index (χ1) is 26.3. The zero-order chi connectivity index (χ0) is 39.7. The number of hydrogen-bond donors (Lipinski definition) is 7. The van der Waals surface area contributed by atoms with Gasteiger partial charge in [-0.05, 0) is 38.5 Å². The van der Waals surface area contributed by atoms with Crippen molar-refractivity contribution in [2.45, 2.75) is 236 Å².